The third-order valence-corrected chi connectivity index (χ3v) is 4.01. The van der Waals surface area contributed by atoms with Crippen molar-refractivity contribution >= 4 is 5.91 Å². The van der Waals surface area contributed by atoms with Gasteiger partial charge in [0.15, 0.2) is 0 Å². The van der Waals surface area contributed by atoms with Crippen LogP contribution >= 0.6 is 0 Å². The van der Waals surface area contributed by atoms with Crippen LogP contribution in [0.4, 0.5) is 0 Å². The van der Waals surface area contributed by atoms with Crippen molar-refractivity contribution in [3.05, 3.63) is 35.4 Å². The van der Waals surface area contributed by atoms with Gasteiger partial charge >= 0.3 is 0 Å². The summed E-state index contributed by atoms with van der Waals surface area (Å²) in [7, 11) is 1.82. The molecule has 1 fully saturated rings. The van der Waals surface area contributed by atoms with Crippen LogP contribution in [-0.2, 0) is 16.1 Å². The number of hydrogen-bond acceptors (Lipinski definition) is 3. The van der Waals surface area contributed by atoms with Crippen LogP contribution < -0.4 is 0 Å². The Bertz CT molecular complexity index is 536. The molecule has 0 unspecified atom stereocenters. The molecule has 4 heteroatoms. The summed E-state index contributed by atoms with van der Waals surface area (Å²) in [6.45, 7) is 3.35. The van der Waals surface area contributed by atoms with Gasteiger partial charge in [-0.2, -0.15) is 5.26 Å². The second kappa shape index (κ2) is 7.24. The Labute approximate surface area is 126 Å². The van der Waals surface area contributed by atoms with E-state index in [0.29, 0.717) is 12.1 Å². The number of amides is 1. The summed E-state index contributed by atoms with van der Waals surface area (Å²) in [6.07, 6.45) is 2.76. The van der Waals surface area contributed by atoms with Gasteiger partial charge in [0.25, 0.3) is 0 Å². The first kappa shape index (κ1) is 15.5. The fraction of sp³-hybridized carbons (Fsp3) is 0.529. The van der Waals surface area contributed by atoms with Crippen LogP contribution in [-0.4, -0.2) is 30.6 Å². The summed E-state index contributed by atoms with van der Waals surface area (Å²) in [5.74, 6) is 0.108. The first-order valence-electron chi connectivity index (χ1n) is 7.51. The summed E-state index contributed by atoms with van der Waals surface area (Å²) in [5.41, 5.74) is 1.61. The molecule has 1 aromatic rings. The van der Waals surface area contributed by atoms with Crippen LogP contribution in [0.15, 0.2) is 24.3 Å². The highest BCUT2D eigenvalue weighted by Crippen LogP contribution is 2.25. The molecule has 1 aliphatic heterocycles. The molecular formula is C17H22N2O2. The molecule has 0 saturated carbocycles. The average molecular weight is 286 g/mol. The van der Waals surface area contributed by atoms with Crippen LogP contribution in [0.5, 0.6) is 0 Å². The summed E-state index contributed by atoms with van der Waals surface area (Å²) in [5, 5.41) is 8.93. The van der Waals surface area contributed by atoms with E-state index in [-0.39, 0.29) is 17.9 Å². The number of carbonyl (C=O) groups excluding carboxylic acids is 1. The van der Waals surface area contributed by atoms with Gasteiger partial charge in [0.05, 0.1) is 23.7 Å². The highest BCUT2D eigenvalue weighted by molar-refractivity contribution is 5.79. The van der Waals surface area contributed by atoms with E-state index in [9.17, 15) is 4.79 Å². The Hall–Kier alpha value is -1.86. The predicted octanol–water partition coefficient (Wildman–Crippen LogP) is 2.72. The molecule has 4 nitrogen and oxygen atoms in total. The van der Waals surface area contributed by atoms with Gasteiger partial charge < -0.3 is 9.64 Å². The maximum Gasteiger partial charge on any atom is 0.228 e. The van der Waals surface area contributed by atoms with Gasteiger partial charge in [0.1, 0.15) is 0 Å². The van der Waals surface area contributed by atoms with Gasteiger partial charge in [-0.25, -0.2) is 0 Å². The molecule has 0 aliphatic carbocycles. The number of nitrogens with zero attached hydrogens (tertiary/aromatic N) is 2. The van der Waals surface area contributed by atoms with Crippen LogP contribution in [0, 0.1) is 17.2 Å². The largest absolute Gasteiger partial charge is 0.377 e. The first-order chi connectivity index (χ1) is 10.2. The number of nitriles is 1. The minimum atomic E-state index is -0.0344. The maximum atomic E-state index is 12.6. The maximum absolute atomic E-state index is 12.6. The van der Waals surface area contributed by atoms with E-state index in [1.165, 1.54) is 0 Å². The van der Waals surface area contributed by atoms with Crippen LogP contribution in [0.3, 0.4) is 0 Å². The van der Waals surface area contributed by atoms with Crippen LogP contribution in [0.25, 0.3) is 0 Å². The molecule has 2 atom stereocenters. The zero-order valence-electron chi connectivity index (χ0n) is 12.7. The number of hydrogen-bond donors (Lipinski definition) is 0. The number of rotatable bonds is 4. The molecule has 1 amide bonds. The molecular weight excluding hydrogens is 264 g/mol. The Balaban J connectivity index is 2.03. The second-order valence-electron chi connectivity index (χ2n) is 5.57. The second-order valence-corrected chi connectivity index (χ2v) is 5.57. The van der Waals surface area contributed by atoms with E-state index < -0.39 is 0 Å². The van der Waals surface area contributed by atoms with Gasteiger partial charge in [0, 0.05) is 20.2 Å². The molecule has 1 aliphatic rings. The standard InChI is InChI=1S/C17H22N2O2/c1-3-16-15(8-5-9-21-16)17(20)19(2)12-14-7-4-6-13(10-14)11-18/h4,6-7,10,15-16H,3,5,8-9,12H2,1-2H3/t15-,16+/m0/s1. The van der Waals surface area contributed by atoms with E-state index in [4.69, 9.17) is 10.00 Å². The lowest BCUT2D eigenvalue weighted by Crippen LogP contribution is -2.41. The summed E-state index contributed by atoms with van der Waals surface area (Å²) < 4.78 is 5.71. The van der Waals surface area contributed by atoms with Crippen molar-refractivity contribution in [2.45, 2.75) is 38.8 Å². The Morgan fingerprint density at radius 1 is 1.52 bits per heavy atom. The van der Waals surface area contributed by atoms with E-state index >= 15 is 0 Å². The molecule has 1 saturated heterocycles. The summed E-state index contributed by atoms with van der Waals surface area (Å²) in [4.78, 5) is 14.4. The molecule has 0 N–H and O–H groups in total. The molecule has 0 bridgehead atoms. The predicted molar refractivity (Wildman–Crippen MR) is 80.4 cm³/mol. The van der Waals surface area contributed by atoms with Crippen molar-refractivity contribution < 1.29 is 9.53 Å². The first-order valence-corrected chi connectivity index (χ1v) is 7.51. The molecule has 21 heavy (non-hydrogen) atoms. The zero-order chi connectivity index (χ0) is 15.2. The van der Waals surface area contributed by atoms with E-state index in [0.717, 1.165) is 31.4 Å². The summed E-state index contributed by atoms with van der Waals surface area (Å²) >= 11 is 0. The number of carbonyl (C=O) groups is 1. The lowest BCUT2D eigenvalue weighted by Gasteiger charge is -2.33. The topological polar surface area (TPSA) is 53.3 Å². The smallest absolute Gasteiger partial charge is 0.228 e. The SMILES string of the molecule is CC[C@H]1OCCC[C@@H]1C(=O)N(C)Cc1cccc(C#N)c1. The van der Waals surface area contributed by atoms with E-state index in [1.54, 1.807) is 11.0 Å². The zero-order valence-corrected chi connectivity index (χ0v) is 12.7. The average Bonchev–Trinajstić information content (AvgIpc) is 2.54. The molecule has 0 spiro atoms. The Morgan fingerprint density at radius 2 is 2.33 bits per heavy atom. The molecule has 0 aromatic heterocycles. The van der Waals surface area contributed by atoms with Gasteiger partial charge in [-0.1, -0.05) is 19.1 Å². The van der Waals surface area contributed by atoms with E-state index in [1.807, 2.05) is 25.2 Å². The lowest BCUT2D eigenvalue weighted by atomic mass is 9.91. The lowest BCUT2D eigenvalue weighted by molar-refractivity contribution is -0.144. The Kier molecular flexibility index (Phi) is 5.35. The van der Waals surface area contributed by atoms with Crippen molar-refractivity contribution in [2.24, 2.45) is 5.92 Å². The quantitative estimate of drug-likeness (QED) is 0.855. The third-order valence-electron chi connectivity index (χ3n) is 4.01. The van der Waals surface area contributed by atoms with E-state index in [2.05, 4.69) is 13.0 Å². The van der Waals surface area contributed by atoms with Crippen molar-refractivity contribution in [1.82, 2.24) is 4.90 Å². The van der Waals surface area contributed by atoms with Gasteiger partial charge in [-0.05, 0) is 37.0 Å². The highest BCUT2D eigenvalue weighted by atomic mass is 16.5. The molecule has 112 valence electrons. The normalized spacial score (nSPS) is 21.6. The highest BCUT2D eigenvalue weighted by Gasteiger charge is 2.32. The van der Waals surface area contributed by atoms with Crippen molar-refractivity contribution in [3.63, 3.8) is 0 Å². The minimum Gasteiger partial charge on any atom is -0.377 e. The monoisotopic (exact) mass is 286 g/mol. The van der Waals surface area contributed by atoms with Crippen LogP contribution in [0.1, 0.15) is 37.3 Å². The molecule has 1 heterocycles. The minimum absolute atomic E-state index is 0.0344. The number of benzene rings is 1. The fourth-order valence-corrected chi connectivity index (χ4v) is 2.90. The van der Waals surface area contributed by atoms with Crippen molar-refractivity contribution in [1.29, 1.82) is 5.26 Å². The summed E-state index contributed by atoms with van der Waals surface area (Å²) in [6, 6.07) is 9.52. The molecule has 0 radical (unpaired) electrons. The van der Waals surface area contributed by atoms with Crippen LogP contribution in [0.2, 0.25) is 0 Å². The Morgan fingerprint density at radius 3 is 3.05 bits per heavy atom. The van der Waals surface area contributed by atoms with Gasteiger partial charge in [-0.3, -0.25) is 4.79 Å². The third kappa shape index (κ3) is 3.83. The van der Waals surface area contributed by atoms with Crippen molar-refractivity contribution in [3.8, 4) is 6.07 Å². The van der Waals surface area contributed by atoms with Gasteiger partial charge in [-0.15, -0.1) is 0 Å². The van der Waals surface area contributed by atoms with Crippen molar-refractivity contribution in [2.75, 3.05) is 13.7 Å². The fourth-order valence-electron chi connectivity index (χ4n) is 2.90. The molecule has 1 aromatic carbocycles. The van der Waals surface area contributed by atoms with Gasteiger partial charge in [0.2, 0.25) is 5.91 Å². The molecule has 2 rings (SSSR count). The number of ether oxygens (including phenoxy) is 1.